The smallest absolute Gasteiger partial charge is 0.261 e. The van der Waals surface area contributed by atoms with E-state index in [2.05, 4.69) is 17.6 Å². The maximum absolute atomic E-state index is 11.6. The molecule has 1 aromatic rings. The van der Waals surface area contributed by atoms with Crippen molar-refractivity contribution in [3.8, 4) is 0 Å². The van der Waals surface area contributed by atoms with Crippen LogP contribution in [0.5, 0.6) is 0 Å². The standard InChI is InChI=1S/C11H18N2OS.ClH/c1-3-6-12-7-8-13-11(14)10-5-4-9(2)15-10;/h4-5,12H,3,6-8H2,1-2H3,(H,13,14);1H. The van der Waals surface area contributed by atoms with Gasteiger partial charge in [0.05, 0.1) is 4.88 Å². The monoisotopic (exact) mass is 262 g/mol. The molecule has 1 heterocycles. The molecule has 0 bridgehead atoms. The fourth-order valence-corrected chi connectivity index (χ4v) is 1.99. The number of hydrogen-bond donors (Lipinski definition) is 2. The normalized spacial score (nSPS) is 9.62. The maximum Gasteiger partial charge on any atom is 0.261 e. The Labute approximate surface area is 107 Å². The van der Waals surface area contributed by atoms with Gasteiger partial charge in [0.2, 0.25) is 0 Å². The van der Waals surface area contributed by atoms with Crippen LogP contribution >= 0.6 is 23.7 Å². The van der Waals surface area contributed by atoms with E-state index in [4.69, 9.17) is 0 Å². The van der Waals surface area contributed by atoms with Crippen LogP contribution in [-0.2, 0) is 0 Å². The summed E-state index contributed by atoms with van der Waals surface area (Å²) >= 11 is 1.53. The van der Waals surface area contributed by atoms with Gasteiger partial charge < -0.3 is 10.6 Å². The minimum absolute atomic E-state index is 0. The lowest BCUT2D eigenvalue weighted by atomic mass is 10.4. The molecule has 3 nitrogen and oxygen atoms in total. The Kier molecular flexibility index (Phi) is 8.25. The molecule has 0 unspecified atom stereocenters. The number of thiophene rings is 1. The molecule has 0 atom stereocenters. The van der Waals surface area contributed by atoms with Gasteiger partial charge in [-0.15, -0.1) is 23.7 Å². The molecule has 16 heavy (non-hydrogen) atoms. The molecule has 1 amide bonds. The maximum atomic E-state index is 11.6. The number of nitrogens with one attached hydrogen (secondary N) is 2. The van der Waals surface area contributed by atoms with Crippen LogP contribution in [0.15, 0.2) is 12.1 Å². The number of aryl methyl sites for hydroxylation is 1. The van der Waals surface area contributed by atoms with Gasteiger partial charge in [-0.05, 0) is 32.0 Å². The van der Waals surface area contributed by atoms with E-state index in [1.165, 1.54) is 16.2 Å². The number of carbonyl (C=O) groups is 1. The van der Waals surface area contributed by atoms with Crippen LogP contribution in [0.1, 0.15) is 27.9 Å². The Balaban J connectivity index is 0.00000225. The highest BCUT2D eigenvalue weighted by Gasteiger charge is 2.05. The zero-order chi connectivity index (χ0) is 11.1. The molecule has 0 aliphatic rings. The van der Waals surface area contributed by atoms with Gasteiger partial charge >= 0.3 is 0 Å². The molecule has 5 heteroatoms. The van der Waals surface area contributed by atoms with Gasteiger partial charge in [-0.25, -0.2) is 0 Å². The summed E-state index contributed by atoms with van der Waals surface area (Å²) < 4.78 is 0. The Bertz CT molecular complexity index is 315. The van der Waals surface area contributed by atoms with E-state index in [1.807, 2.05) is 19.1 Å². The highest BCUT2D eigenvalue weighted by Crippen LogP contribution is 2.14. The van der Waals surface area contributed by atoms with Crippen LogP contribution in [0.25, 0.3) is 0 Å². The molecule has 0 spiro atoms. The molecule has 0 radical (unpaired) electrons. The summed E-state index contributed by atoms with van der Waals surface area (Å²) in [4.78, 5) is 13.5. The minimum Gasteiger partial charge on any atom is -0.350 e. The van der Waals surface area contributed by atoms with Gasteiger partial charge in [0.15, 0.2) is 0 Å². The lowest BCUT2D eigenvalue weighted by Gasteiger charge is -2.04. The number of carbonyl (C=O) groups excluding carboxylic acids is 1. The van der Waals surface area contributed by atoms with Crippen molar-refractivity contribution in [2.24, 2.45) is 0 Å². The summed E-state index contributed by atoms with van der Waals surface area (Å²) in [6, 6.07) is 3.84. The van der Waals surface area contributed by atoms with E-state index in [9.17, 15) is 4.79 Å². The molecule has 0 aliphatic carbocycles. The van der Waals surface area contributed by atoms with Crippen LogP contribution in [0, 0.1) is 6.92 Å². The summed E-state index contributed by atoms with van der Waals surface area (Å²) in [5.74, 6) is 0.0337. The highest BCUT2D eigenvalue weighted by molar-refractivity contribution is 7.13. The largest absolute Gasteiger partial charge is 0.350 e. The summed E-state index contributed by atoms with van der Waals surface area (Å²) in [5.41, 5.74) is 0. The van der Waals surface area contributed by atoms with Crippen molar-refractivity contribution in [1.82, 2.24) is 10.6 Å². The summed E-state index contributed by atoms with van der Waals surface area (Å²) in [5, 5.41) is 6.12. The Morgan fingerprint density at radius 2 is 2.06 bits per heavy atom. The number of hydrogen-bond acceptors (Lipinski definition) is 3. The van der Waals surface area contributed by atoms with Crippen LogP contribution in [0.3, 0.4) is 0 Å². The van der Waals surface area contributed by atoms with Crippen molar-refractivity contribution in [1.29, 1.82) is 0 Å². The van der Waals surface area contributed by atoms with E-state index in [-0.39, 0.29) is 18.3 Å². The van der Waals surface area contributed by atoms with Crippen molar-refractivity contribution in [3.63, 3.8) is 0 Å². The van der Waals surface area contributed by atoms with Crippen LogP contribution in [0.2, 0.25) is 0 Å². The number of halogens is 1. The van der Waals surface area contributed by atoms with Crippen LogP contribution < -0.4 is 10.6 Å². The zero-order valence-corrected chi connectivity index (χ0v) is 11.3. The lowest BCUT2D eigenvalue weighted by Crippen LogP contribution is -2.31. The number of rotatable bonds is 6. The van der Waals surface area contributed by atoms with E-state index >= 15 is 0 Å². The summed E-state index contributed by atoms with van der Waals surface area (Å²) in [6.45, 7) is 6.66. The molecular weight excluding hydrogens is 244 g/mol. The second-order valence-electron chi connectivity index (χ2n) is 3.42. The summed E-state index contributed by atoms with van der Waals surface area (Å²) in [6.07, 6.45) is 1.12. The van der Waals surface area contributed by atoms with Crippen LogP contribution in [0.4, 0.5) is 0 Å². The molecular formula is C11H19ClN2OS. The topological polar surface area (TPSA) is 41.1 Å². The molecule has 0 aromatic carbocycles. The molecule has 0 saturated heterocycles. The number of amides is 1. The van der Waals surface area contributed by atoms with E-state index < -0.39 is 0 Å². The van der Waals surface area contributed by atoms with Crippen molar-refractivity contribution >= 4 is 29.7 Å². The van der Waals surface area contributed by atoms with Gasteiger partial charge in [-0.2, -0.15) is 0 Å². The first-order valence-corrected chi connectivity index (χ1v) is 6.11. The van der Waals surface area contributed by atoms with E-state index in [0.717, 1.165) is 24.4 Å². The molecule has 0 aliphatic heterocycles. The van der Waals surface area contributed by atoms with Gasteiger partial charge in [0.25, 0.3) is 5.91 Å². The van der Waals surface area contributed by atoms with Gasteiger partial charge in [-0.3, -0.25) is 4.79 Å². The molecule has 92 valence electrons. The van der Waals surface area contributed by atoms with Gasteiger partial charge in [0.1, 0.15) is 0 Å². The fraction of sp³-hybridized carbons (Fsp3) is 0.545. The average molecular weight is 263 g/mol. The fourth-order valence-electron chi connectivity index (χ4n) is 1.21. The molecule has 0 fully saturated rings. The van der Waals surface area contributed by atoms with Crippen molar-refractivity contribution in [2.75, 3.05) is 19.6 Å². The van der Waals surface area contributed by atoms with Gasteiger partial charge in [0, 0.05) is 18.0 Å². The average Bonchev–Trinajstić information content (AvgIpc) is 2.64. The zero-order valence-electron chi connectivity index (χ0n) is 9.71. The Hall–Kier alpha value is -0.580. The second-order valence-corrected chi connectivity index (χ2v) is 4.70. The predicted molar refractivity (Wildman–Crippen MR) is 71.8 cm³/mol. The van der Waals surface area contributed by atoms with Gasteiger partial charge in [-0.1, -0.05) is 6.92 Å². The lowest BCUT2D eigenvalue weighted by molar-refractivity contribution is 0.0958. The van der Waals surface area contributed by atoms with E-state index in [0.29, 0.717) is 6.54 Å². The van der Waals surface area contributed by atoms with Crippen molar-refractivity contribution < 1.29 is 4.79 Å². The quantitative estimate of drug-likeness (QED) is 0.772. The highest BCUT2D eigenvalue weighted by atomic mass is 35.5. The molecule has 1 rings (SSSR count). The van der Waals surface area contributed by atoms with Crippen molar-refractivity contribution in [3.05, 3.63) is 21.9 Å². The predicted octanol–water partition coefficient (Wildman–Crippen LogP) is 2.21. The first kappa shape index (κ1) is 15.4. The third-order valence-corrected chi connectivity index (χ3v) is 2.98. The minimum atomic E-state index is 0. The molecule has 2 N–H and O–H groups in total. The first-order chi connectivity index (χ1) is 7.24. The Morgan fingerprint density at radius 1 is 1.31 bits per heavy atom. The molecule has 0 saturated carbocycles. The SMILES string of the molecule is CCCNCCNC(=O)c1ccc(C)s1.Cl. The third kappa shape index (κ3) is 5.49. The van der Waals surface area contributed by atoms with Crippen molar-refractivity contribution in [2.45, 2.75) is 20.3 Å². The first-order valence-electron chi connectivity index (χ1n) is 5.29. The van der Waals surface area contributed by atoms with E-state index in [1.54, 1.807) is 0 Å². The second kappa shape index (κ2) is 8.56. The third-order valence-electron chi connectivity index (χ3n) is 1.98. The molecule has 1 aromatic heterocycles. The summed E-state index contributed by atoms with van der Waals surface area (Å²) in [7, 11) is 0. The van der Waals surface area contributed by atoms with Crippen LogP contribution in [-0.4, -0.2) is 25.5 Å². The Morgan fingerprint density at radius 3 is 2.62 bits per heavy atom.